The molecule has 0 spiro atoms. The van der Waals surface area contributed by atoms with E-state index in [0.717, 1.165) is 35.3 Å². The molecule has 6 N–H and O–H groups in total. The summed E-state index contributed by atoms with van der Waals surface area (Å²) in [6, 6.07) is 14.4. The van der Waals surface area contributed by atoms with Crippen LogP contribution >= 0.6 is 23.2 Å². The zero-order valence-electron chi connectivity index (χ0n) is 44.8. The monoisotopic (exact) mass is 1110 g/mol. The van der Waals surface area contributed by atoms with Crippen LogP contribution in [0.2, 0.25) is 10.0 Å². The van der Waals surface area contributed by atoms with Crippen molar-refractivity contribution < 1.29 is 10.2 Å². The molecule has 22 nitrogen and oxygen atoms in total. The molecule has 0 atom stereocenters. The number of aliphatic hydroxyl groups excluding tert-OH is 2. The van der Waals surface area contributed by atoms with Gasteiger partial charge in [-0.1, -0.05) is 63.0 Å². The van der Waals surface area contributed by atoms with Gasteiger partial charge in [-0.25, -0.2) is 19.6 Å². The fourth-order valence-electron chi connectivity index (χ4n) is 9.47. The van der Waals surface area contributed by atoms with Gasteiger partial charge in [-0.3, -0.25) is 37.7 Å². The third-order valence-electron chi connectivity index (χ3n) is 13.7. The molecule has 78 heavy (non-hydrogen) atoms. The standard InChI is InChI=1S/2C27H35ClN8O3/c1-3-10-36-26(38)24-25(35(27(36)39)11-8-20-5-6-21(29)17-22(20)28)32-23(16-19-7-9-30-31-18-19)34(24)13-12-33(4-2)14-15-37;1-3-10-36-26(38)24-25(35(27(36)39)11-8-19-5-6-22(29)21(28)16-19)32-23(17-20-7-9-30-31-18-20)34(24)13-12-33(4-2)14-15-37/h5-7,9,17-18,37H,3-4,8,10-16,29H2,1-2H3;5-7,9,16,18,37H,3-4,8,10-15,17,29H2,1-2H3. The average Bonchev–Trinajstić information content (AvgIpc) is 4.21. The first-order valence-electron chi connectivity index (χ1n) is 26.5. The van der Waals surface area contributed by atoms with Gasteiger partial charge in [0.15, 0.2) is 22.3 Å². The number of nitrogen functional groups attached to an aromatic ring is 2. The predicted molar refractivity (Wildman–Crippen MR) is 304 cm³/mol. The lowest BCUT2D eigenvalue weighted by Crippen LogP contribution is -2.41. The summed E-state index contributed by atoms with van der Waals surface area (Å²) in [4.78, 5) is 68.7. The molecule has 8 aromatic rings. The van der Waals surface area contributed by atoms with Gasteiger partial charge in [-0.15, -0.1) is 0 Å². The molecular weight excluding hydrogens is 1040 g/mol. The lowest BCUT2D eigenvalue weighted by Gasteiger charge is -2.20. The Morgan fingerprint density at radius 3 is 1.45 bits per heavy atom. The van der Waals surface area contributed by atoms with Crippen molar-refractivity contribution in [2.24, 2.45) is 0 Å². The maximum Gasteiger partial charge on any atom is 0.332 e. The molecule has 0 amide bonds. The number of benzene rings is 2. The Balaban J connectivity index is 0.000000226. The second-order valence-corrected chi connectivity index (χ2v) is 19.7. The number of nitrogens with two attached hydrogens (primary N) is 2. The summed E-state index contributed by atoms with van der Waals surface area (Å²) in [6.45, 7) is 14.0. The Kier molecular flexibility index (Phi) is 21.0. The molecule has 0 radical (unpaired) electrons. The fraction of sp³-hybridized carbons (Fsp3) is 0.444. The number of aliphatic hydroxyl groups is 2. The molecule has 8 rings (SSSR count). The number of nitrogens with zero attached hydrogens (tertiary/aromatic N) is 14. The molecule has 6 aromatic heterocycles. The Bertz CT molecular complexity index is 3520. The summed E-state index contributed by atoms with van der Waals surface area (Å²) in [5, 5.41) is 35.6. The van der Waals surface area contributed by atoms with Gasteiger partial charge in [0, 0.05) is 101 Å². The maximum atomic E-state index is 13.8. The van der Waals surface area contributed by atoms with Crippen LogP contribution in [0.3, 0.4) is 0 Å². The van der Waals surface area contributed by atoms with Crippen LogP contribution in [0.25, 0.3) is 22.3 Å². The third kappa shape index (κ3) is 14.0. The summed E-state index contributed by atoms with van der Waals surface area (Å²) in [5.74, 6) is 1.32. The molecular formula is C54H70Cl2N16O6. The van der Waals surface area contributed by atoms with Crippen LogP contribution < -0.4 is 34.0 Å². The van der Waals surface area contributed by atoms with Crippen LogP contribution in [-0.4, -0.2) is 130 Å². The van der Waals surface area contributed by atoms with Crippen LogP contribution in [0, 0.1) is 0 Å². The maximum absolute atomic E-state index is 13.8. The number of likely N-dealkylation sites (N-methyl/N-ethyl adjacent to an activating group) is 2. The van der Waals surface area contributed by atoms with E-state index in [1.54, 1.807) is 58.2 Å². The summed E-state index contributed by atoms with van der Waals surface area (Å²) < 4.78 is 9.60. The minimum Gasteiger partial charge on any atom is -0.399 e. The first-order chi connectivity index (χ1) is 37.7. The van der Waals surface area contributed by atoms with Gasteiger partial charge in [-0.2, -0.15) is 20.4 Å². The minimum atomic E-state index is -0.391. The molecule has 416 valence electrons. The molecule has 0 aliphatic carbocycles. The summed E-state index contributed by atoms with van der Waals surface area (Å²) in [5.41, 5.74) is 16.4. The van der Waals surface area contributed by atoms with Gasteiger partial charge in [0.2, 0.25) is 0 Å². The van der Waals surface area contributed by atoms with Crippen molar-refractivity contribution in [3.05, 3.63) is 159 Å². The van der Waals surface area contributed by atoms with Crippen molar-refractivity contribution in [3.8, 4) is 0 Å². The third-order valence-corrected chi connectivity index (χ3v) is 14.4. The largest absolute Gasteiger partial charge is 0.399 e. The number of hydrogen-bond acceptors (Lipinski definition) is 16. The molecule has 24 heteroatoms. The van der Waals surface area contributed by atoms with Crippen molar-refractivity contribution in [3.63, 3.8) is 0 Å². The van der Waals surface area contributed by atoms with Crippen LogP contribution in [0.15, 0.2) is 92.5 Å². The highest BCUT2D eigenvalue weighted by Crippen LogP contribution is 2.23. The minimum absolute atomic E-state index is 0.0462. The number of anilines is 2. The SMILES string of the molecule is CCCn1c(=O)c2c(nc(Cc3ccnnc3)n2CCN(CC)CCO)n(CCc2ccc(N)c(Cl)c2)c1=O.CCCn1c(=O)c2c(nc(Cc3ccnnc3)n2CCN(CC)CCO)n(CCc2ccc(N)cc2Cl)c1=O. The van der Waals surface area contributed by atoms with Crippen LogP contribution in [0.1, 0.15) is 74.4 Å². The predicted octanol–water partition coefficient (Wildman–Crippen LogP) is 3.89. The van der Waals surface area contributed by atoms with E-state index >= 15 is 0 Å². The number of fused-ring (bicyclic) bond motifs is 2. The highest BCUT2D eigenvalue weighted by atomic mass is 35.5. The lowest BCUT2D eigenvalue weighted by molar-refractivity contribution is 0.197. The molecule has 0 aliphatic rings. The molecule has 0 saturated heterocycles. The lowest BCUT2D eigenvalue weighted by atomic mass is 10.1. The van der Waals surface area contributed by atoms with Crippen LogP contribution in [0.5, 0.6) is 0 Å². The second kappa shape index (κ2) is 28.0. The topological polar surface area (TPSA) is 274 Å². The van der Waals surface area contributed by atoms with Gasteiger partial charge in [0.25, 0.3) is 11.1 Å². The number of hydrogen-bond donors (Lipinski definition) is 4. The number of imidazole rings is 2. The van der Waals surface area contributed by atoms with Crippen LogP contribution in [0.4, 0.5) is 11.4 Å². The van der Waals surface area contributed by atoms with E-state index in [1.807, 2.05) is 61.1 Å². The number of rotatable bonds is 26. The normalized spacial score (nSPS) is 11.6. The van der Waals surface area contributed by atoms with Gasteiger partial charge in [0.05, 0.1) is 36.3 Å². The Labute approximate surface area is 461 Å². The molecule has 0 fully saturated rings. The molecule has 0 unspecified atom stereocenters. The van der Waals surface area contributed by atoms with Crippen molar-refractivity contribution in [1.82, 2.24) is 67.6 Å². The van der Waals surface area contributed by atoms with E-state index in [9.17, 15) is 29.4 Å². The van der Waals surface area contributed by atoms with E-state index in [1.165, 1.54) is 9.13 Å². The fourth-order valence-corrected chi connectivity index (χ4v) is 9.95. The average molecular weight is 1110 g/mol. The summed E-state index contributed by atoms with van der Waals surface area (Å²) >= 11 is 12.6. The highest BCUT2D eigenvalue weighted by Gasteiger charge is 2.25. The first-order valence-corrected chi connectivity index (χ1v) is 27.2. The second-order valence-electron chi connectivity index (χ2n) is 18.9. The van der Waals surface area contributed by atoms with E-state index in [4.69, 9.17) is 44.6 Å². The zero-order chi connectivity index (χ0) is 55.9. The van der Waals surface area contributed by atoms with Gasteiger partial charge in [0.1, 0.15) is 11.6 Å². The van der Waals surface area contributed by atoms with Gasteiger partial charge < -0.3 is 30.8 Å². The molecule has 0 saturated carbocycles. The molecule has 6 heterocycles. The van der Waals surface area contributed by atoms with E-state index in [0.29, 0.717) is 159 Å². The van der Waals surface area contributed by atoms with Gasteiger partial charge >= 0.3 is 11.4 Å². The Hall–Kier alpha value is -7.08. The summed E-state index contributed by atoms with van der Waals surface area (Å²) in [6.07, 6.45) is 9.65. The van der Waals surface area contributed by atoms with E-state index < -0.39 is 5.69 Å². The first kappa shape index (κ1) is 58.6. The number of aryl methyl sites for hydroxylation is 4. The Morgan fingerprint density at radius 1 is 0.526 bits per heavy atom. The highest BCUT2D eigenvalue weighted by molar-refractivity contribution is 6.33. The van der Waals surface area contributed by atoms with E-state index in [-0.39, 0.29) is 30.0 Å². The molecule has 2 aromatic carbocycles. The number of aromatic nitrogens is 12. The van der Waals surface area contributed by atoms with Crippen molar-refractivity contribution >= 4 is 56.9 Å². The quantitative estimate of drug-likeness (QED) is 0.0560. The smallest absolute Gasteiger partial charge is 0.332 e. The molecule has 0 bridgehead atoms. The van der Waals surface area contributed by atoms with Gasteiger partial charge in [-0.05, 0) is 97.4 Å². The number of halogens is 2. The van der Waals surface area contributed by atoms with E-state index in [2.05, 4.69) is 30.2 Å². The Morgan fingerprint density at radius 2 is 1.03 bits per heavy atom. The van der Waals surface area contributed by atoms with Crippen molar-refractivity contribution in [2.45, 2.75) is 105 Å². The van der Waals surface area contributed by atoms with Crippen molar-refractivity contribution in [1.29, 1.82) is 0 Å². The van der Waals surface area contributed by atoms with Crippen molar-refractivity contribution in [2.75, 3.05) is 63.9 Å². The van der Waals surface area contributed by atoms with Crippen LogP contribution in [-0.2, 0) is 65.0 Å². The molecule has 0 aliphatic heterocycles. The summed E-state index contributed by atoms with van der Waals surface area (Å²) in [7, 11) is 0. The zero-order valence-corrected chi connectivity index (χ0v) is 46.3.